The van der Waals surface area contributed by atoms with Crippen LogP contribution in [0.3, 0.4) is 0 Å². The number of para-hydroxylation sites is 1. The Labute approximate surface area is 167 Å². The van der Waals surface area contributed by atoms with Crippen molar-refractivity contribution in [2.24, 2.45) is 0 Å². The zero-order valence-corrected chi connectivity index (χ0v) is 16.5. The van der Waals surface area contributed by atoms with Crippen LogP contribution in [0.5, 0.6) is 5.75 Å². The van der Waals surface area contributed by atoms with Gasteiger partial charge in [-0.25, -0.2) is 4.79 Å². The van der Waals surface area contributed by atoms with Crippen LogP contribution in [0.1, 0.15) is 39.7 Å². The van der Waals surface area contributed by atoms with Gasteiger partial charge in [-0.05, 0) is 43.9 Å². The fraction of sp³-hybridized carbons (Fsp3) is 0.286. The zero-order chi connectivity index (χ0) is 20.1. The standard InChI is InChI=1S/C21H20N2O4S/c1-3-27-21(25)18-15-8-6-10-17(15)28-20(18)23-19(24)14(12-22)11-13-7-4-5-9-16(13)26-2/h4-5,7,9,11H,3,6,8,10H2,1-2H3,(H,23,24)/b14-11+. The van der Waals surface area contributed by atoms with E-state index in [-0.39, 0.29) is 12.2 Å². The topological polar surface area (TPSA) is 88.4 Å². The highest BCUT2D eigenvalue weighted by Gasteiger charge is 2.28. The predicted octanol–water partition coefficient (Wildman–Crippen LogP) is 3.97. The summed E-state index contributed by atoms with van der Waals surface area (Å²) in [5.74, 6) is -0.450. The Kier molecular flexibility index (Phi) is 6.12. The van der Waals surface area contributed by atoms with E-state index in [1.807, 2.05) is 6.07 Å². The van der Waals surface area contributed by atoms with Crippen LogP contribution in [-0.4, -0.2) is 25.6 Å². The maximum atomic E-state index is 12.7. The van der Waals surface area contributed by atoms with E-state index >= 15 is 0 Å². The van der Waals surface area contributed by atoms with Crippen molar-refractivity contribution in [1.82, 2.24) is 0 Å². The second-order valence-corrected chi connectivity index (χ2v) is 7.25. The van der Waals surface area contributed by atoms with Crippen LogP contribution in [0.25, 0.3) is 6.08 Å². The van der Waals surface area contributed by atoms with Crippen LogP contribution in [0.15, 0.2) is 29.8 Å². The number of fused-ring (bicyclic) bond motifs is 1. The number of hydrogen-bond acceptors (Lipinski definition) is 6. The molecular weight excluding hydrogens is 376 g/mol. The van der Waals surface area contributed by atoms with Gasteiger partial charge in [-0.1, -0.05) is 18.2 Å². The fourth-order valence-corrected chi connectivity index (χ4v) is 4.44. The van der Waals surface area contributed by atoms with Gasteiger partial charge in [0.15, 0.2) is 0 Å². The number of benzene rings is 1. The average molecular weight is 396 g/mol. The normalized spacial score (nSPS) is 12.8. The highest BCUT2D eigenvalue weighted by molar-refractivity contribution is 7.17. The van der Waals surface area contributed by atoms with E-state index in [4.69, 9.17) is 9.47 Å². The van der Waals surface area contributed by atoms with E-state index in [1.165, 1.54) is 24.5 Å². The first kappa shape index (κ1) is 19.6. The lowest BCUT2D eigenvalue weighted by molar-refractivity contribution is -0.112. The number of anilines is 1. The number of nitrogens with one attached hydrogen (secondary N) is 1. The lowest BCUT2D eigenvalue weighted by Crippen LogP contribution is -2.16. The Hall–Kier alpha value is -3.11. The number of thiophene rings is 1. The number of amides is 1. The second-order valence-electron chi connectivity index (χ2n) is 6.15. The quantitative estimate of drug-likeness (QED) is 0.453. The summed E-state index contributed by atoms with van der Waals surface area (Å²) in [4.78, 5) is 26.2. The molecule has 0 fully saturated rings. The van der Waals surface area contributed by atoms with Crippen molar-refractivity contribution >= 4 is 34.3 Å². The van der Waals surface area contributed by atoms with Crippen LogP contribution < -0.4 is 10.1 Å². The van der Waals surface area contributed by atoms with Gasteiger partial charge in [0.25, 0.3) is 5.91 Å². The van der Waals surface area contributed by atoms with E-state index in [9.17, 15) is 14.9 Å². The molecule has 1 aromatic heterocycles. The number of rotatable bonds is 6. The summed E-state index contributed by atoms with van der Waals surface area (Å²) < 4.78 is 10.4. The van der Waals surface area contributed by atoms with E-state index in [1.54, 1.807) is 31.2 Å². The number of nitrogens with zero attached hydrogens (tertiary/aromatic N) is 1. The predicted molar refractivity (Wildman–Crippen MR) is 108 cm³/mol. The maximum absolute atomic E-state index is 12.7. The molecular formula is C21H20N2O4S. The van der Waals surface area contributed by atoms with Crippen molar-refractivity contribution in [3.05, 3.63) is 51.4 Å². The monoisotopic (exact) mass is 396 g/mol. The smallest absolute Gasteiger partial charge is 0.341 e. The summed E-state index contributed by atoms with van der Waals surface area (Å²) in [6.07, 6.45) is 4.13. The maximum Gasteiger partial charge on any atom is 0.341 e. The number of aryl methyl sites for hydroxylation is 1. The first-order valence-corrected chi connectivity index (χ1v) is 9.78. The van der Waals surface area contributed by atoms with Gasteiger partial charge < -0.3 is 14.8 Å². The van der Waals surface area contributed by atoms with Crippen LogP contribution >= 0.6 is 11.3 Å². The Morgan fingerprint density at radius 2 is 2.11 bits per heavy atom. The summed E-state index contributed by atoms with van der Waals surface area (Å²) in [6, 6.07) is 9.04. The molecule has 0 saturated carbocycles. The van der Waals surface area contributed by atoms with Crippen molar-refractivity contribution in [1.29, 1.82) is 5.26 Å². The highest BCUT2D eigenvalue weighted by Crippen LogP contribution is 2.39. The SMILES string of the molecule is CCOC(=O)c1c(NC(=O)/C(C#N)=C/c2ccccc2OC)sc2c1CCC2. The highest BCUT2D eigenvalue weighted by atomic mass is 32.1. The molecule has 7 heteroatoms. The van der Waals surface area contributed by atoms with Gasteiger partial charge in [-0.15, -0.1) is 11.3 Å². The molecule has 0 spiro atoms. The van der Waals surface area contributed by atoms with Gasteiger partial charge in [0.2, 0.25) is 0 Å². The third kappa shape index (κ3) is 3.92. The van der Waals surface area contributed by atoms with Crippen molar-refractivity contribution in [3.63, 3.8) is 0 Å². The molecule has 0 atom stereocenters. The number of methoxy groups -OCH3 is 1. The van der Waals surface area contributed by atoms with Crippen molar-refractivity contribution in [3.8, 4) is 11.8 Å². The van der Waals surface area contributed by atoms with Crippen LogP contribution in [0, 0.1) is 11.3 Å². The largest absolute Gasteiger partial charge is 0.496 e. The average Bonchev–Trinajstić information content (AvgIpc) is 3.27. The first-order valence-electron chi connectivity index (χ1n) is 8.96. The molecule has 0 unspecified atom stereocenters. The Balaban J connectivity index is 1.91. The van der Waals surface area contributed by atoms with E-state index in [2.05, 4.69) is 5.32 Å². The molecule has 0 aliphatic heterocycles. The summed E-state index contributed by atoms with van der Waals surface area (Å²) >= 11 is 1.38. The first-order chi connectivity index (χ1) is 13.6. The summed E-state index contributed by atoms with van der Waals surface area (Å²) in [5.41, 5.74) is 1.91. The number of carbonyl (C=O) groups is 2. The van der Waals surface area contributed by atoms with Gasteiger partial charge in [-0.2, -0.15) is 5.26 Å². The fourth-order valence-electron chi connectivity index (χ4n) is 3.17. The van der Waals surface area contributed by atoms with Gasteiger partial charge in [0.1, 0.15) is 22.4 Å². The molecule has 6 nitrogen and oxygen atoms in total. The van der Waals surface area contributed by atoms with Gasteiger partial charge >= 0.3 is 5.97 Å². The third-order valence-electron chi connectivity index (χ3n) is 4.43. The molecule has 2 aromatic rings. The molecule has 1 aliphatic rings. The number of hydrogen-bond donors (Lipinski definition) is 1. The minimum absolute atomic E-state index is 0.0760. The molecule has 1 aromatic carbocycles. The molecule has 1 heterocycles. The molecule has 3 rings (SSSR count). The van der Waals surface area contributed by atoms with Crippen molar-refractivity contribution in [2.75, 3.05) is 19.0 Å². The number of nitriles is 1. The molecule has 28 heavy (non-hydrogen) atoms. The van der Waals surface area contributed by atoms with Gasteiger partial charge in [0, 0.05) is 10.4 Å². The molecule has 144 valence electrons. The van der Waals surface area contributed by atoms with Crippen LogP contribution in [0.4, 0.5) is 5.00 Å². The summed E-state index contributed by atoms with van der Waals surface area (Å²) in [5, 5.41) is 12.6. The van der Waals surface area contributed by atoms with Gasteiger partial charge in [-0.3, -0.25) is 4.79 Å². The molecule has 1 aliphatic carbocycles. The van der Waals surface area contributed by atoms with Gasteiger partial charge in [0.05, 0.1) is 19.3 Å². The van der Waals surface area contributed by atoms with E-state index < -0.39 is 11.9 Å². The Morgan fingerprint density at radius 3 is 2.82 bits per heavy atom. The lowest BCUT2D eigenvalue weighted by Gasteiger charge is -2.08. The number of ether oxygens (including phenoxy) is 2. The van der Waals surface area contributed by atoms with Crippen LogP contribution in [-0.2, 0) is 22.4 Å². The third-order valence-corrected chi connectivity index (χ3v) is 5.64. The molecule has 1 N–H and O–H groups in total. The zero-order valence-electron chi connectivity index (χ0n) is 15.7. The Bertz CT molecular complexity index is 985. The second kappa shape index (κ2) is 8.72. The molecule has 0 saturated heterocycles. The lowest BCUT2D eigenvalue weighted by atomic mass is 10.1. The minimum atomic E-state index is -0.570. The molecule has 0 bridgehead atoms. The number of esters is 1. The van der Waals surface area contributed by atoms with Crippen molar-refractivity contribution < 1.29 is 19.1 Å². The van der Waals surface area contributed by atoms with Crippen molar-refractivity contribution in [2.45, 2.75) is 26.2 Å². The Morgan fingerprint density at radius 1 is 1.32 bits per heavy atom. The number of carbonyl (C=O) groups excluding carboxylic acids is 2. The molecule has 1 amide bonds. The van der Waals surface area contributed by atoms with Crippen LogP contribution in [0.2, 0.25) is 0 Å². The minimum Gasteiger partial charge on any atom is -0.496 e. The summed E-state index contributed by atoms with van der Waals surface area (Å²) in [7, 11) is 1.53. The summed E-state index contributed by atoms with van der Waals surface area (Å²) in [6.45, 7) is 2.00. The van der Waals surface area contributed by atoms with E-state index in [0.717, 1.165) is 29.7 Å². The molecule has 0 radical (unpaired) electrons. The van der Waals surface area contributed by atoms with E-state index in [0.29, 0.717) is 21.9 Å².